The van der Waals surface area contributed by atoms with Crippen molar-refractivity contribution in [3.05, 3.63) is 86.2 Å². The van der Waals surface area contributed by atoms with E-state index < -0.39 is 0 Å². The van der Waals surface area contributed by atoms with Crippen molar-refractivity contribution in [2.24, 2.45) is 0 Å². The van der Waals surface area contributed by atoms with E-state index in [-0.39, 0.29) is 11.3 Å². The van der Waals surface area contributed by atoms with Crippen LogP contribution in [0.2, 0.25) is 4.34 Å². The molecule has 9 nitrogen and oxygen atoms in total. The van der Waals surface area contributed by atoms with E-state index in [9.17, 15) is 9.59 Å². The summed E-state index contributed by atoms with van der Waals surface area (Å²) < 4.78 is 3.93. The third kappa shape index (κ3) is 5.50. The predicted molar refractivity (Wildman–Crippen MR) is 146 cm³/mol. The first-order valence-electron chi connectivity index (χ1n) is 12.0. The Labute approximate surface area is 223 Å². The maximum absolute atomic E-state index is 12.5. The van der Waals surface area contributed by atoms with Gasteiger partial charge in [-0.2, -0.15) is 0 Å². The van der Waals surface area contributed by atoms with Crippen LogP contribution in [0.15, 0.2) is 65.7 Å². The minimum atomic E-state index is -0.106. The smallest absolute Gasteiger partial charge is 0.255 e. The molecule has 0 saturated carbocycles. The summed E-state index contributed by atoms with van der Waals surface area (Å²) in [4.78, 5) is 29.9. The number of benzene rings is 1. The van der Waals surface area contributed by atoms with Crippen molar-refractivity contribution in [2.75, 3.05) is 31.1 Å². The molecule has 1 N–H and O–H groups in total. The lowest BCUT2D eigenvalue weighted by atomic mass is 10.1. The summed E-state index contributed by atoms with van der Waals surface area (Å²) >= 11 is 7.24. The van der Waals surface area contributed by atoms with E-state index in [4.69, 9.17) is 17.0 Å². The highest BCUT2D eigenvalue weighted by Gasteiger charge is 2.22. The van der Waals surface area contributed by atoms with Crippen molar-refractivity contribution in [2.45, 2.75) is 19.8 Å². The zero-order chi connectivity index (χ0) is 25.9. The van der Waals surface area contributed by atoms with Gasteiger partial charge in [0.15, 0.2) is 5.78 Å². The predicted octanol–water partition coefficient (Wildman–Crippen LogP) is 4.07. The topological polar surface area (TPSA) is 100 Å². The van der Waals surface area contributed by atoms with Gasteiger partial charge in [-0.1, -0.05) is 22.9 Å². The number of carbonyl (C=O) groups is 1. The fourth-order valence-electron chi connectivity index (χ4n) is 4.39. The first-order valence-corrected chi connectivity index (χ1v) is 13.2. The molecular formula is C26H26ClN7O2S. The van der Waals surface area contributed by atoms with Crippen LogP contribution >= 0.6 is 22.9 Å². The van der Waals surface area contributed by atoms with Crippen molar-refractivity contribution in [1.82, 2.24) is 24.5 Å². The average Bonchev–Trinajstić information content (AvgIpc) is 3.56. The number of piperazine rings is 1. The average molecular weight is 536 g/mol. The van der Waals surface area contributed by atoms with Gasteiger partial charge in [0, 0.05) is 51.3 Å². The quantitative estimate of drug-likeness (QED) is 0.217. The van der Waals surface area contributed by atoms with Gasteiger partial charge in [-0.15, -0.1) is 16.4 Å². The number of amidine groups is 1. The number of nitrogens with zero attached hydrogens (tertiary/aromatic N) is 6. The summed E-state index contributed by atoms with van der Waals surface area (Å²) in [6.07, 6.45) is 4.39. The summed E-state index contributed by atoms with van der Waals surface area (Å²) in [5, 5.41) is 16.6. The number of thiophene rings is 1. The molecule has 11 heteroatoms. The maximum atomic E-state index is 12.5. The van der Waals surface area contributed by atoms with Crippen LogP contribution in [0.3, 0.4) is 0 Å². The number of ketones is 1. The molecule has 1 aromatic carbocycles. The van der Waals surface area contributed by atoms with Crippen LogP contribution in [-0.4, -0.2) is 62.3 Å². The van der Waals surface area contributed by atoms with E-state index in [0.717, 1.165) is 48.9 Å². The Balaban J connectivity index is 1.42. The number of rotatable bonds is 7. The molecule has 1 fully saturated rings. The van der Waals surface area contributed by atoms with Gasteiger partial charge < -0.3 is 9.80 Å². The van der Waals surface area contributed by atoms with Gasteiger partial charge in [-0.25, -0.2) is 4.68 Å². The molecule has 1 aliphatic rings. The van der Waals surface area contributed by atoms with E-state index >= 15 is 0 Å². The van der Waals surface area contributed by atoms with Crippen molar-refractivity contribution in [3.8, 4) is 11.4 Å². The highest BCUT2D eigenvalue weighted by atomic mass is 35.5. The van der Waals surface area contributed by atoms with Crippen molar-refractivity contribution >= 4 is 40.2 Å². The molecule has 37 heavy (non-hydrogen) atoms. The summed E-state index contributed by atoms with van der Waals surface area (Å²) in [5.41, 5.74) is 3.13. The second-order valence-corrected chi connectivity index (χ2v) is 10.5. The lowest BCUT2D eigenvalue weighted by Gasteiger charge is -2.37. The largest absolute Gasteiger partial charge is 0.366 e. The summed E-state index contributed by atoms with van der Waals surface area (Å²) in [7, 11) is 0. The van der Waals surface area contributed by atoms with Gasteiger partial charge >= 0.3 is 0 Å². The Hall–Kier alpha value is -3.76. The number of anilines is 1. The monoisotopic (exact) mass is 535 g/mol. The Morgan fingerprint density at radius 3 is 2.59 bits per heavy atom. The first-order chi connectivity index (χ1) is 17.9. The van der Waals surface area contributed by atoms with Gasteiger partial charge in [-0.05, 0) is 43.3 Å². The standard InChI is InChI=1S/C26H26ClN7O2S/c1-18(28)31-12-14-32(15-13-31)22-16-20(33-11-3-2-4-26(33)36)6-7-21(22)34-17-19(29-30-34)5-8-23(35)24-9-10-25(27)37-24/h2-4,6-7,9-11,16-17,28H,5,8,12-15H2,1H3. The minimum absolute atomic E-state index is 0.0316. The number of aromatic nitrogens is 4. The molecule has 0 atom stereocenters. The van der Waals surface area contributed by atoms with Crippen LogP contribution in [0.1, 0.15) is 28.7 Å². The SMILES string of the molecule is CC(=N)N1CCN(c2cc(-n3ccccc3=O)ccc2-n2cc(CCC(=O)c3ccc(Cl)s3)nn2)CC1. The molecule has 5 rings (SSSR count). The Morgan fingerprint density at radius 1 is 1.08 bits per heavy atom. The van der Waals surface area contributed by atoms with Crippen LogP contribution in [0.25, 0.3) is 11.4 Å². The number of hydrogen-bond donors (Lipinski definition) is 1. The molecule has 4 heterocycles. The number of halogens is 1. The van der Waals surface area contributed by atoms with E-state index in [1.165, 1.54) is 17.4 Å². The Morgan fingerprint density at radius 2 is 1.89 bits per heavy atom. The molecule has 1 saturated heterocycles. The first kappa shape index (κ1) is 24.9. The normalized spacial score (nSPS) is 13.7. The molecule has 0 aliphatic carbocycles. The number of nitrogens with one attached hydrogen (secondary N) is 1. The zero-order valence-corrected chi connectivity index (χ0v) is 21.9. The summed E-state index contributed by atoms with van der Waals surface area (Å²) in [6.45, 7) is 4.74. The Kier molecular flexibility index (Phi) is 7.20. The highest BCUT2D eigenvalue weighted by molar-refractivity contribution is 7.18. The third-order valence-electron chi connectivity index (χ3n) is 6.40. The minimum Gasteiger partial charge on any atom is -0.366 e. The third-order valence-corrected chi connectivity index (χ3v) is 7.67. The molecule has 0 radical (unpaired) electrons. The number of hydrogen-bond acceptors (Lipinski definition) is 7. The van der Waals surface area contributed by atoms with Crippen LogP contribution < -0.4 is 10.5 Å². The fourth-order valence-corrected chi connectivity index (χ4v) is 5.40. The van der Waals surface area contributed by atoms with Gasteiger partial charge in [0.2, 0.25) is 0 Å². The van der Waals surface area contributed by atoms with E-state index in [0.29, 0.717) is 27.9 Å². The van der Waals surface area contributed by atoms with Crippen molar-refractivity contribution in [3.63, 3.8) is 0 Å². The molecular weight excluding hydrogens is 510 g/mol. The fraction of sp³-hybridized carbons (Fsp3) is 0.269. The molecule has 190 valence electrons. The summed E-state index contributed by atoms with van der Waals surface area (Å²) in [6, 6.07) is 14.4. The van der Waals surface area contributed by atoms with E-state index in [2.05, 4.69) is 15.2 Å². The molecule has 0 spiro atoms. The van der Waals surface area contributed by atoms with E-state index in [1.54, 1.807) is 40.6 Å². The molecule has 3 aromatic heterocycles. The van der Waals surface area contributed by atoms with Crippen LogP contribution in [0.4, 0.5) is 5.69 Å². The van der Waals surface area contributed by atoms with Crippen molar-refractivity contribution < 1.29 is 4.79 Å². The van der Waals surface area contributed by atoms with Gasteiger partial charge in [0.25, 0.3) is 5.56 Å². The number of aryl methyl sites for hydroxylation is 1. The highest BCUT2D eigenvalue weighted by Crippen LogP contribution is 2.28. The molecule has 1 aliphatic heterocycles. The number of carbonyl (C=O) groups excluding carboxylic acids is 1. The second-order valence-electron chi connectivity index (χ2n) is 8.82. The lowest BCUT2D eigenvalue weighted by Crippen LogP contribution is -2.48. The van der Waals surface area contributed by atoms with Crippen molar-refractivity contribution in [1.29, 1.82) is 5.41 Å². The maximum Gasteiger partial charge on any atom is 0.255 e. The zero-order valence-electron chi connectivity index (χ0n) is 20.3. The second kappa shape index (κ2) is 10.7. The number of pyridine rings is 1. The van der Waals surface area contributed by atoms with E-state index in [1.807, 2.05) is 35.4 Å². The van der Waals surface area contributed by atoms with Gasteiger partial charge in [-0.3, -0.25) is 19.6 Å². The Bertz CT molecular complexity index is 1500. The molecule has 0 bridgehead atoms. The number of Topliss-reactive ketones (excluding diaryl/α,β-unsaturated/α-hetero) is 1. The lowest BCUT2D eigenvalue weighted by molar-refractivity contribution is 0.0986. The molecule has 4 aromatic rings. The van der Waals surface area contributed by atoms with Crippen LogP contribution in [0, 0.1) is 5.41 Å². The molecule has 0 amide bonds. The summed E-state index contributed by atoms with van der Waals surface area (Å²) in [5.74, 6) is 0.592. The van der Waals surface area contributed by atoms with Crippen LogP contribution in [-0.2, 0) is 6.42 Å². The molecule has 0 unspecified atom stereocenters. The van der Waals surface area contributed by atoms with Crippen LogP contribution in [0.5, 0.6) is 0 Å². The van der Waals surface area contributed by atoms with Gasteiger partial charge in [0.05, 0.1) is 44.0 Å². The van der Waals surface area contributed by atoms with Gasteiger partial charge in [0.1, 0.15) is 0 Å².